The van der Waals surface area contributed by atoms with Crippen LogP contribution in [0, 0.1) is 0 Å². The summed E-state index contributed by atoms with van der Waals surface area (Å²) in [7, 11) is 0. The SMILES string of the molecule is c1ccc2c3c4c(cccc4cc2c1)SC3. The zero-order valence-corrected chi connectivity index (χ0v) is 9.55. The summed E-state index contributed by atoms with van der Waals surface area (Å²) in [6.07, 6.45) is 0. The van der Waals surface area contributed by atoms with E-state index in [4.69, 9.17) is 0 Å². The lowest BCUT2D eigenvalue weighted by Gasteiger charge is -2.05. The van der Waals surface area contributed by atoms with E-state index in [2.05, 4.69) is 48.5 Å². The van der Waals surface area contributed by atoms with Crippen LogP contribution in [0.4, 0.5) is 0 Å². The standard InChI is InChI=1S/C15H10S/c1-2-6-12-10(4-1)8-11-5-3-7-14-15(11)13(12)9-16-14/h1-8H,9H2. The minimum Gasteiger partial charge on any atom is -0.121 e. The minimum absolute atomic E-state index is 1.12. The average Bonchev–Trinajstić information content (AvgIpc) is 2.76. The zero-order chi connectivity index (χ0) is 10.5. The van der Waals surface area contributed by atoms with Crippen molar-refractivity contribution in [2.75, 3.05) is 0 Å². The second kappa shape index (κ2) is 3.02. The predicted octanol–water partition coefficient (Wildman–Crippen LogP) is 4.60. The van der Waals surface area contributed by atoms with Crippen LogP contribution >= 0.6 is 11.8 Å². The van der Waals surface area contributed by atoms with E-state index in [0.29, 0.717) is 0 Å². The molecule has 0 atom stereocenters. The van der Waals surface area contributed by atoms with Gasteiger partial charge in [0.25, 0.3) is 0 Å². The first-order valence-electron chi connectivity index (χ1n) is 5.50. The van der Waals surface area contributed by atoms with Crippen LogP contribution in [-0.4, -0.2) is 0 Å². The predicted molar refractivity (Wildman–Crippen MR) is 71.0 cm³/mol. The molecule has 0 saturated carbocycles. The fourth-order valence-corrected chi connectivity index (χ4v) is 3.77. The summed E-state index contributed by atoms with van der Waals surface area (Å²) in [5.41, 5.74) is 1.52. The van der Waals surface area contributed by atoms with Crippen LogP contribution < -0.4 is 0 Å². The smallest absolute Gasteiger partial charge is 0.0244 e. The molecule has 0 radical (unpaired) electrons. The van der Waals surface area contributed by atoms with Crippen molar-refractivity contribution in [3.63, 3.8) is 0 Å². The molecule has 1 aliphatic rings. The summed E-state index contributed by atoms with van der Waals surface area (Å²) in [5, 5.41) is 5.65. The maximum Gasteiger partial charge on any atom is 0.0244 e. The van der Waals surface area contributed by atoms with Crippen molar-refractivity contribution in [2.24, 2.45) is 0 Å². The Morgan fingerprint density at radius 3 is 2.75 bits per heavy atom. The second-order valence-corrected chi connectivity index (χ2v) is 5.24. The van der Waals surface area contributed by atoms with Crippen molar-refractivity contribution in [1.82, 2.24) is 0 Å². The fraction of sp³-hybridized carbons (Fsp3) is 0.0667. The number of hydrogen-bond donors (Lipinski definition) is 0. The third-order valence-electron chi connectivity index (χ3n) is 3.33. The topological polar surface area (TPSA) is 0 Å². The molecule has 76 valence electrons. The molecule has 3 aromatic carbocycles. The lowest BCUT2D eigenvalue weighted by atomic mass is 9.98. The molecular weight excluding hydrogens is 212 g/mol. The van der Waals surface area contributed by atoms with Gasteiger partial charge in [0, 0.05) is 10.6 Å². The first-order valence-corrected chi connectivity index (χ1v) is 6.48. The van der Waals surface area contributed by atoms with E-state index in [1.807, 2.05) is 11.8 Å². The molecule has 0 N–H and O–H groups in total. The van der Waals surface area contributed by atoms with Crippen LogP contribution in [0.15, 0.2) is 53.4 Å². The summed E-state index contributed by atoms with van der Waals surface area (Å²) < 4.78 is 0. The van der Waals surface area contributed by atoms with Gasteiger partial charge in [0.1, 0.15) is 0 Å². The van der Waals surface area contributed by atoms with E-state index in [9.17, 15) is 0 Å². The Labute approximate surface area is 98.3 Å². The van der Waals surface area contributed by atoms with Gasteiger partial charge in [-0.25, -0.2) is 0 Å². The van der Waals surface area contributed by atoms with Crippen LogP contribution in [0.2, 0.25) is 0 Å². The van der Waals surface area contributed by atoms with Gasteiger partial charge in [-0.15, -0.1) is 11.8 Å². The van der Waals surface area contributed by atoms with Crippen LogP contribution in [0.5, 0.6) is 0 Å². The molecule has 0 nitrogen and oxygen atoms in total. The Kier molecular flexibility index (Phi) is 1.63. The van der Waals surface area contributed by atoms with Gasteiger partial charge in [-0.2, -0.15) is 0 Å². The lowest BCUT2D eigenvalue weighted by molar-refractivity contribution is 1.53. The quantitative estimate of drug-likeness (QED) is 0.501. The summed E-state index contributed by atoms with van der Waals surface area (Å²) in [5.74, 6) is 1.12. The van der Waals surface area contributed by atoms with E-state index < -0.39 is 0 Å². The highest BCUT2D eigenvalue weighted by molar-refractivity contribution is 7.99. The van der Waals surface area contributed by atoms with Crippen molar-refractivity contribution in [3.8, 4) is 0 Å². The molecule has 0 amide bonds. The van der Waals surface area contributed by atoms with Gasteiger partial charge in [0.2, 0.25) is 0 Å². The molecule has 0 spiro atoms. The van der Waals surface area contributed by atoms with Crippen LogP contribution in [0.1, 0.15) is 5.56 Å². The molecular formula is C15H10S. The molecule has 0 unspecified atom stereocenters. The van der Waals surface area contributed by atoms with Crippen LogP contribution in [-0.2, 0) is 5.75 Å². The highest BCUT2D eigenvalue weighted by Crippen LogP contribution is 2.43. The maximum absolute atomic E-state index is 2.31. The Balaban J connectivity index is 2.34. The molecule has 4 rings (SSSR count). The van der Waals surface area contributed by atoms with Crippen molar-refractivity contribution >= 4 is 33.3 Å². The molecule has 1 heterocycles. The zero-order valence-electron chi connectivity index (χ0n) is 8.73. The van der Waals surface area contributed by atoms with Gasteiger partial charge in [-0.05, 0) is 39.2 Å². The van der Waals surface area contributed by atoms with Gasteiger partial charge < -0.3 is 0 Å². The highest BCUT2D eigenvalue weighted by Gasteiger charge is 2.16. The maximum atomic E-state index is 2.31. The second-order valence-electron chi connectivity index (χ2n) is 4.22. The molecule has 0 bridgehead atoms. The molecule has 1 aliphatic heterocycles. The number of rotatable bonds is 0. The summed E-state index contributed by atoms with van der Waals surface area (Å²) in [4.78, 5) is 1.44. The summed E-state index contributed by atoms with van der Waals surface area (Å²) >= 11 is 1.96. The van der Waals surface area contributed by atoms with Crippen LogP contribution in [0.3, 0.4) is 0 Å². The number of fused-ring (bicyclic) bond motifs is 2. The van der Waals surface area contributed by atoms with Gasteiger partial charge in [-0.3, -0.25) is 0 Å². The van der Waals surface area contributed by atoms with Crippen molar-refractivity contribution in [3.05, 3.63) is 54.1 Å². The summed E-state index contributed by atoms with van der Waals surface area (Å²) in [6, 6.07) is 17.6. The summed E-state index contributed by atoms with van der Waals surface area (Å²) in [6.45, 7) is 0. The van der Waals surface area contributed by atoms with Crippen molar-refractivity contribution in [2.45, 2.75) is 10.6 Å². The third-order valence-corrected chi connectivity index (χ3v) is 4.41. The average molecular weight is 222 g/mol. The lowest BCUT2D eigenvalue weighted by Crippen LogP contribution is -1.82. The largest absolute Gasteiger partial charge is 0.121 e. The molecule has 0 fully saturated rings. The Hall–Kier alpha value is -1.47. The molecule has 0 aliphatic carbocycles. The van der Waals surface area contributed by atoms with Gasteiger partial charge in [-0.1, -0.05) is 36.4 Å². The van der Waals surface area contributed by atoms with Crippen molar-refractivity contribution < 1.29 is 0 Å². The first kappa shape index (κ1) is 8.66. The molecule has 3 aromatic rings. The van der Waals surface area contributed by atoms with E-state index in [-0.39, 0.29) is 0 Å². The minimum atomic E-state index is 1.12. The van der Waals surface area contributed by atoms with E-state index >= 15 is 0 Å². The number of hydrogen-bond acceptors (Lipinski definition) is 1. The van der Waals surface area contributed by atoms with E-state index in [1.54, 1.807) is 0 Å². The number of thioether (sulfide) groups is 1. The fourth-order valence-electron chi connectivity index (χ4n) is 2.61. The molecule has 1 heteroatoms. The Bertz CT molecular complexity index is 713. The van der Waals surface area contributed by atoms with Crippen LogP contribution in [0.25, 0.3) is 21.5 Å². The monoisotopic (exact) mass is 222 g/mol. The first-order chi connectivity index (χ1) is 7.93. The molecule has 0 aromatic heterocycles. The normalized spacial score (nSPS) is 13.8. The van der Waals surface area contributed by atoms with E-state index in [0.717, 1.165) is 5.75 Å². The van der Waals surface area contributed by atoms with Crippen molar-refractivity contribution in [1.29, 1.82) is 0 Å². The number of benzene rings is 3. The Morgan fingerprint density at radius 2 is 1.75 bits per heavy atom. The Morgan fingerprint density at radius 1 is 0.875 bits per heavy atom. The van der Waals surface area contributed by atoms with E-state index in [1.165, 1.54) is 32.0 Å². The highest BCUT2D eigenvalue weighted by atomic mass is 32.2. The van der Waals surface area contributed by atoms with Gasteiger partial charge in [0.05, 0.1) is 0 Å². The van der Waals surface area contributed by atoms with Gasteiger partial charge in [0.15, 0.2) is 0 Å². The molecule has 16 heavy (non-hydrogen) atoms. The molecule has 0 saturated heterocycles. The third kappa shape index (κ3) is 1.01. The van der Waals surface area contributed by atoms with Gasteiger partial charge >= 0.3 is 0 Å².